The molecule has 0 bridgehead atoms. The Morgan fingerprint density at radius 3 is 2.41 bits per heavy atom. The fourth-order valence-corrected chi connectivity index (χ4v) is 2.30. The van der Waals surface area contributed by atoms with Crippen LogP contribution in [-0.4, -0.2) is 38.3 Å². The minimum Gasteiger partial charge on any atom is -0.354 e. The Hall–Kier alpha value is -0.400. The number of halogens is 2. The third-order valence-electron chi connectivity index (χ3n) is 2.87. The summed E-state index contributed by atoms with van der Waals surface area (Å²) in [5.74, 6) is -0.515. The van der Waals surface area contributed by atoms with Crippen molar-refractivity contribution in [2.24, 2.45) is 5.41 Å². The second-order valence-electron chi connectivity index (χ2n) is 4.27. The first kappa shape index (κ1) is 14.7. The molecule has 0 heterocycles. The van der Waals surface area contributed by atoms with Gasteiger partial charge in [0.05, 0.1) is 11.2 Å². The van der Waals surface area contributed by atoms with Gasteiger partial charge in [0.25, 0.3) is 0 Å². The third kappa shape index (κ3) is 3.29. The average molecular weight is 287 g/mol. The van der Waals surface area contributed by atoms with E-state index in [1.807, 2.05) is 0 Å². The van der Waals surface area contributed by atoms with Gasteiger partial charge in [-0.05, 0) is 13.8 Å². The van der Waals surface area contributed by atoms with Crippen molar-refractivity contribution in [2.75, 3.05) is 18.8 Å². The number of carbonyl (C=O) groups is 1. The van der Waals surface area contributed by atoms with Crippen LogP contribution in [0.2, 0.25) is 0 Å². The zero-order valence-corrected chi connectivity index (χ0v) is 11.3. The summed E-state index contributed by atoms with van der Waals surface area (Å²) in [5, 5.41) is 0.475. The highest BCUT2D eigenvalue weighted by Crippen LogP contribution is 2.61. The summed E-state index contributed by atoms with van der Waals surface area (Å²) < 4.78 is 37.6. The predicted octanol–water partition coefficient (Wildman–Crippen LogP) is 0.356. The lowest BCUT2D eigenvalue weighted by molar-refractivity contribution is -0.126. The maximum absolute atomic E-state index is 13.2. The van der Waals surface area contributed by atoms with E-state index in [1.165, 1.54) is 13.8 Å². The van der Waals surface area contributed by atoms with Crippen LogP contribution >= 0.6 is 11.6 Å². The van der Waals surface area contributed by atoms with Gasteiger partial charge in [-0.2, -0.15) is 0 Å². The van der Waals surface area contributed by atoms with Crippen LogP contribution in [0.4, 0.5) is 4.39 Å². The van der Waals surface area contributed by atoms with Crippen molar-refractivity contribution in [3.63, 3.8) is 0 Å². The quantitative estimate of drug-likeness (QED) is 0.547. The van der Waals surface area contributed by atoms with Gasteiger partial charge < -0.3 is 5.32 Å². The zero-order chi connectivity index (χ0) is 13.3. The van der Waals surface area contributed by atoms with Gasteiger partial charge in [0.2, 0.25) is 15.9 Å². The summed E-state index contributed by atoms with van der Waals surface area (Å²) in [7, 11) is -3.26. The molecule has 2 atom stereocenters. The lowest BCUT2D eigenvalue weighted by Crippen LogP contribution is -2.39. The maximum Gasteiger partial charge on any atom is 0.230 e. The number of amides is 1. The standard InChI is InChI=1S/C9H16ClFN2O3S/c1-3-17(15,16)13-5-4-12-7(14)8(2)6-9(8,10)11/h13H,3-6H2,1-2H3,(H,12,14). The molecule has 1 aliphatic rings. The van der Waals surface area contributed by atoms with E-state index in [1.54, 1.807) is 0 Å². The molecule has 0 aliphatic heterocycles. The fourth-order valence-electron chi connectivity index (χ4n) is 1.33. The molecule has 1 saturated carbocycles. The fraction of sp³-hybridized carbons (Fsp3) is 0.889. The first-order valence-corrected chi connectivity index (χ1v) is 7.31. The molecule has 2 N–H and O–H groups in total. The topological polar surface area (TPSA) is 75.3 Å². The molecular formula is C9H16ClFN2O3S. The number of sulfonamides is 1. The molecule has 0 saturated heterocycles. The molecule has 1 aliphatic carbocycles. The highest BCUT2D eigenvalue weighted by atomic mass is 35.5. The second kappa shape index (κ2) is 4.70. The summed E-state index contributed by atoms with van der Waals surface area (Å²) >= 11 is 5.41. The third-order valence-corrected chi connectivity index (χ3v) is 4.83. The Balaban J connectivity index is 2.28. The van der Waals surface area contributed by atoms with Gasteiger partial charge in [0, 0.05) is 19.5 Å². The van der Waals surface area contributed by atoms with Gasteiger partial charge in [0.1, 0.15) is 0 Å². The molecule has 1 fully saturated rings. The average Bonchev–Trinajstić information content (AvgIpc) is 2.74. The first-order valence-electron chi connectivity index (χ1n) is 5.28. The molecular weight excluding hydrogens is 271 g/mol. The largest absolute Gasteiger partial charge is 0.354 e. The van der Waals surface area contributed by atoms with Crippen molar-refractivity contribution in [3.05, 3.63) is 0 Å². The summed E-state index contributed by atoms with van der Waals surface area (Å²) in [6, 6.07) is 0. The molecule has 0 radical (unpaired) electrons. The van der Waals surface area contributed by atoms with E-state index in [2.05, 4.69) is 10.0 Å². The van der Waals surface area contributed by atoms with Crippen LogP contribution in [0.5, 0.6) is 0 Å². The Morgan fingerprint density at radius 1 is 1.47 bits per heavy atom. The molecule has 0 aromatic rings. The predicted molar refractivity (Wildman–Crippen MR) is 62.9 cm³/mol. The number of hydrogen-bond acceptors (Lipinski definition) is 3. The smallest absolute Gasteiger partial charge is 0.230 e. The van der Waals surface area contributed by atoms with Crippen molar-refractivity contribution < 1.29 is 17.6 Å². The summed E-state index contributed by atoms with van der Waals surface area (Å²) in [6.07, 6.45) is -0.0198. The van der Waals surface area contributed by atoms with E-state index >= 15 is 0 Å². The van der Waals surface area contributed by atoms with Crippen molar-refractivity contribution >= 4 is 27.5 Å². The van der Waals surface area contributed by atoms with E-state index in [0.29, 0.717) is 0 Å². The Morgan fingerprint density at radius 2 is 2.00 bits per heavy atom. The lowest BCUT2D eigenvalue weighted by Gasteiger charge is -2.12. The van der Waals surface area contributed by atoms with Crippen LogP contribution in [0.15, 0.2) is 0 Å². The number of alkyl halides is 2. The SMILES string of the molecule is CCS(=O)(=O)NCCNC(=O)C1(C)CC1(F)Cl. The van der Waals surface area contributed by atoms with E-state index in [4.69, 9.17) is 11.6 Å². The first-order chi connectivity index (χ1) is 7.65. The molecule has 100 valence electrons. The van der Waals surface area contributed by atoms with E-state index < -0.39 is 26.5 Å². The lowest BCUT2D eigenvalue weighted by atomic mass is 10.1. The molecule has 0 aromatic heterocycles. The highest BCUT2D eigenvalue weighted by Gasteiger charge is 2.70. The van der Waals surface area contributed by atoms with Gasteiger partial charge in [0.15, 0.2) is 5.13 Å². The van der Waals surface area contributed by atoms with Crippen LogP contribution in [-0.2, 0) is 14.8 Å². The van der Waals surface area contributed by atoms with Crippen LogP contribution in [0.25, 0.3) is 0 Å². The second-order valence-corrected chi connectivity index (χ2v) is 6.96. The number of hydrogen-bond donors (Lipinski definition) is 2. The molecule has 1 rings (SSSR count). The zero-order valence-electron chi connectivity index (χ0n) is 9.72. The van der Waals surface area contributed by atoms with Crippen LogP contribution in [0.3, 0.4) is 0 Å². The van der Waals surface area contributed by atoms with Crippen molar-refractivity contribution in [1.29, 1.82) is 0 Å². The van der Waals surface area contributed by atoms with E-state index in [0.717, 1.165) is 0 Å². The normalized spacial score (nSPS) is 32.2. The minimum absolute atomic E-state index is 0.0198. The summed E-state index contributed by atoms with van der Waals surface area (Å²) in [6.45, 7) is 3.14. The molecule has 5 nitrogen and oxygen atoms in total. The Kier molecular flexibility index (Phi) is 4.05. The molecule has 17 heavy (non-hydrogen) atoms. The highest BCUT2D eigenvalue weighted by molar-refractivity contribution is 7.89. The van der Waals surface area contributed by atoms with E-state index in [-0.39, 0.29) is 25.3 Å². The van der Waals surface area contributed by atoms with Crippen LogP contribution in [0.1, 0.15) is 20.3 Å². The minimum atomic E-state index is -3.26. The van der Waals surface area contributed by atoms with Crippen molar-refractivity contribution in [2.45, 2.75) is 25.4 Å². The summed E-state index contributed by atoms with van der Waals surface area (Å²) in [5.41, 5.74) is -1.20. The summed E-state index contributed by atoms with van der Waals surface area (Å²) in [4.78, 5) is 11.5. The molecule has 0 spiro atoms. The van der Waals surface area contributed by atoms with Crippen molar-refractivity contribution in [3.8, 4) is 0 Å². The monoisotopic (exact) mass is 286 g/mol. The van der Waals surface area contributed by atoms with Gasteiger partial charge in [-0.25, -0.2) is 17.5 Å². The maximum atomic E-state index is 13.2. The number of carbonyl (C=O) groups excluding carboxylic acids is 1. The Labute approximate surface area is 105 Å². The van der Waals surface area contributed by atoms with Crippen molar-refractivity contribution in [1.82, 2.24) is 10.0 Å². The molecule has 0 aromatic carbocycles. The number of nitrogens with one attached hydrogen (secondary N) is 2. The van der Waals surface area contributed by atoms with Gasteiger partial charge >= 0.3 is 0 Å². The number of rotatable bonds is 6. The van der Waals surface area contributed by atoms with Crippen LogP contribution < -0.4 is 10.0 Å². The van der Waals surface area contributed by atoms with Gasteiger partial charge in [-0.1, -0.05) is 11.6 Å². The van der Waals surface area contributed by atoms with Gasteiger partial charge in [-0.15, -0.1) is 0 Å². The van der Waals surface area contributed by atoms with Crippen LogP contribution in [0, 0.1) is 5.41 Å². The molecule has 1 amide bonds. The van der Waals surface area contributed by atoms with E-state index in [9.17, 15) is 17.6 Å². The Bertz CT molecular complexity index is 412. The molecule has 8 heteroatoms. The molecule has 2 unspecified atom stereocenters. The van der Waals surface area contributed by atoms with Gasteiger partial charge in [-0.3, -0.25) is 4.79 Å².